The maximum Gasteiger partial charge on any atom is 0.264 e. The molecule has 0 radical (unpaired) electrons. The molecule has 2 aromatic carbocycles. The molecule has 1 fully saturated rings. The smallest absolute Gasteiger partial charge is 0.264 e. The first kappa shape index (κ1) is 19.4. The van der Waals surface area contributed by atoms with Crippen LogP contribution in [0.2, 0.25) is 0 Å². The van der Waals surface area contributed by atoms with E-state index in [0.29, 0.717) is 30.2 Å². The summed E-state index contributed by atoms with van der Waals surface area (Å²) in [6.07, 6.45) is 0. The summed E-state index contributed by atoms with van der Waals surface area (Å²) in [5.74, 6) is 1.14. The Bertz CT molecular complexity index is 1090. The Morgan fingerprint density at radius 3 is 2.42 bits per heavy atom. The van der Waals surface area contributed by atoms with Crippen LogP contribution in [0, 0.1) is 0 Å². The summed E-state index contributed by atoms with van der Waals surface area (Å²) in [5, 5.41) is 4.84. The molecule has 7 nitrogen and oxygen atoms in total. The summed E-state index contributed by atoms with van der Waals surface area (Å²) < 4.78 is 10.6. The first-order valence-electron chi connectivity index (χ1n) is 10.1. The van der Waals surface area contributed by atoms with Gasteiger partial charge in [0.1, 0.15) is 0 Å². The maximum atomic E-state index is 12.5. The van der Waals surface area contributed by atoms with Crippen LogP contribution in [0.5, 0.6) is 11.5 Å². The van der Waals surface area contributed by atoms with Crippen LogP contribution in [0.15, 0.2) is 60.0 Å². The molecule has 2 aliphatic heterocycles. The number of nitrogens with one attached hydrogen (secondary N) is 1. The first-order valence-corrected chi connectivity index (χ1v) is 10.9. The predicted octanol–water partition coefficient (Wildman–Crippen LogP) is 3.69. The van der Waals surface area contributed by atoms with Crippen LogP contribution in [0.3, 0.4) is 0 Å². The fourth-order valence-electron chi connectivity index (χ4n) is 3.72. The van der Waals surface area contributed by atoms with Crippen molar-refractivity contribution < 1.29 is 19.1 Å². The van der Waals surface area contributed by atoms with Crippen molar-refractivity contribution >= 4 is 34.5 Å². The van der Waals surface area contributed by atoms with E-state index in [2.05, 4.69) is 10.2 Å². The second-order valence-corrected chi connectivity index (χ2v) is 8.27. The molecule has 3 heterocycles. The molecular weight excluding hydrogens is 414 g/mol. The standard InChI is InChI=1S/C23H21N3O4S/c27-22(16-3-8-19-20(14-16)30-15-29-19)24-17-4-6-18(7-5-17)25-9-11-26(12-10-25)23(28)21-2-1-13-31-21/h1-8,13-14H,9-12,15H2,(H,24,27). The minimum Gasteiger partial charge on any atom is -0.454 e. The Hall–Kier alpha value is -3.52. The minimum atomic E-state index is -0.202. The number of carbonyl (C=O) groups excluding carboxylic acids is 2. The summed E-state index contributed by atoms with van der Waals surface area (Å²) >= 11 is 1.48. The van der Waals surface area contributed by atoms with E-state index >= 15 is 0 Å². The van der Waals surface area contributed by atoms with Crippen molar-refractivity contribution in [3.8, 4) is 11.5 Å². The van der Waals surface area contributed by atoms with Gasteiger partial charge in [-0.1, -0.05) is 6.07 Å². The predicted molar refractivity (Wildman–Crippen MR) is 119 cm³/mol. The largest absolute Gasteiger partial charge is 0.454 e. The van der Waals surface area contributed by atoms with Crippen LogP contribution < -0.4 is 19.7 Å². The quantitative estimate of drug-likeness (QED) is 0.677. The Kier molecular flexibility index (Phi) is 5.21. The van der Waals surface area contributed by atoms with E-state index in [4.69, 9.17) is 9.47 Å². The minimum absolute atomic E-state index is 0.108. The zero-order chi connectivity index (χ0) is 21.2. The molecule has 1 saturated heterocycles. The zero-order valence-corrected chi connectivity index (χ0v) is 17.6. The van der Waals surface area contributed by atoms with Crippen molar-refractivity contribution in [1.29, 1.82) is 0 Å². The van der Waals surface area contributed by atoms with E-state index in [0.717, 1.165) is 29.3 Å². The van der Waals surface area contributed by atoms with E-state index in [1.807, 2.05) is 46.7 Å². The van der Waals surface area contributed by atoms with Gasteiger partial charge in [-0.2, -0.15) is 0 Å². The lowest BCUT2D eigenvalue weighted by atomic mass is 10.1. The molecular formula is C23H21N3O4S. The lowest BCUT2D eigenvalue weighted by Gasteiger charge is -2.36. The Balaban J connectivity index is 1.18. The average Bonchev–Trinajstić information content (AvgIpc) is 3.51. The first-order chi connectivity index (χ1) is 15.2. The Morgan fingerprint density at radius 1 is 0.903 bits per heavy atom. The van der Waals surface area contributed by atoms with Crippen molar-refractivity contribution in [2.45, 2.75) is 0 Å². The summed E-state index contributed by atoms with van der Waals surface area (Å²) in [5.41, 5.74) is 2.31. The third-order valence-electron chi connectivity index (χ3n) is 5.42. The Labute approximate surface area is 183 Å². The van der Waals surface area contributed by atoms with Gasteiger partial charge in [0.25, 0.3) is 11.8 Å². The normalized spacial score (nSPS) is 15.1. The summed E-state index contributed by atoms with van der Waals surface area (Å²) in [7, 11) is 0. The molecule has 5 rings (SSSR count). The third-order valence-corrected chi connectivity index (χ3v) is 6.28. The number of anilines is 2. The van der Waals surface area contributed by atoms with E-state index < -0.39 is 0 Å². The van der Waals surface area contributed by atoms with Gasteiger partial charge in [0.2, 0.25) is 6.79 Å². The fraction of sp³-hybridized carbons (Fsp3) is 0.217. The van der Waals surface area contributed by atoms with Crippen molar-refractivity contribution in [1.82, 2.24) is 4.90 Å². The van der Waals surface area contributed by atoms with Gasteiger partial charge in [0.15, 0.2) is 11.5 Å². The number of rotatable bonds is 4. The second-order valence-electron chi connectivity index (χ2n) is 7.33. The van der Waals surface area contributed by atoms with Crippen molar-refractivity contribution in [3.63, 3.8) is 0 Å². The second kappa shape index (κ2) is 8.31. The molecule has 0 unspecified atom stereocenters. The lowest BCUT2D eigenvalue weighted by molar-refractivity contribution is 0.0751. The SMILES string of the molecule is O=C(Nc1ccc(N2CCN(C(=O)c3cccs3)CC2)cc1)c1ccc2c(c1)OCO2. The summed E-state index contributed by atoms with van der Waals surface area (Å²) in [6, 6.07) is 16.7. The van der Waals surface area contributed by atoms with Gasteiger partial charge in [-0.15, -0.1) is 11.3 Å². The highest BCUT2D eigenvalue weighted by atomic mass is 32.1. The summed E-state index contributed by atoms with van der Waals surface area (Å²) in [6.45, 7) is 3.12. The van der Waals surface area contributed by atoms with Crippen molar-refractivity contribution in [2.75, 3.05) is 43.2 Å². The number of benzene rings is 2. The molecule has 3 aromatic rings. The molecule has 0 saturated carbocycles. The van der Waals surface area contributed by atoms with E-state index in [-0.39, 0.29) is 18.6 Å². The maximum absolute atomic E-state index is 12.5. The third kappa shape index (κ3) is 4.06. The monoisotopic (exact) mass is 435 g/mol. The van der Waals surface area contributed by atoms with Crippen LogP contribution in [0.1, 0.15) is 20.0 Å². The van der Waals surface area contributed by atoms with Crippen molar-refractivity contribution in [2.24, 2.45) is 0 Å². The van der Waals surface area contributed by atoms with Gasteiger partial charge in [0, 0.05) is 43.1 Å². The van der Waals surface area contributed by atoms with Gasteiger partial charge in [-0.25, -0.2) is 0 Å². The molecule has 158 valence electrons. The van der Waals surface area contributed by atoms with Crippen LogP contribution in [0.4, 0.5) is 11.4 Å². The number of ether oxygens (including phenoxy) is 2. The van der Waals surface area contributed by atoms with Crippen molar-refractivity contribution in [3.05, 3.63) is 70.4 Å². The van der Waals surface area contributed by atoms with E-state index in [9.17, 15) is 9.59 Å². The van der Waals surface area contributed by atoms with Crippen LogP contribution in [-0.2, 0) is 0 Å². The molecule has 0 bridgehead atoms. The molecule has 2 aliphatic rings. The highest BCUT2D eigenvalue weighted by Crippen LogP contribution is 2.32. The van der Waals surface area contributed by atoms with Gasteiger partial charge >= 0.3 is 0 Å². The fourth-order valence-corrected chi connectivity index (χ4v) is 4.41. The van der Waals surface area contributed by atoms with Crippen LogP contribution in [-0.4, -0.2) is 49.7 Å². The zero-order valence-electron chi connectivity index (χ0n) is 16.7. The molecule has 31 heavy (non-hydrogen) atoms. The number of hydrogen-bond donors (Lipinski definition) is 1. The average molecular weight is 436 g/mol. The molecule has 1 aromatic heterocycles. The number of nitrogens with zero attached hydrogens (tertiary/aromatic N) is 2. The molecule has 0 atom stereocenters. The number of carbonyl (C=O) groups is 2. The highest BCUT2D eigenvalue weighted by Gasteiger charge is 2.23. The molecule has 1 N–H and O–H groups in total. The van der Waals surface area contributed by atoms with Gasteiger partial charge in [-0.3, -0.25) is 9.59 Å². The van der Waals surface area contributed by atoms with Crippen LogP contribution >= 0.6 is 11.3 Å². The van der Waals surface area contributed by atoms with E-state index in [1.54, 1.807) is 18.2 Å². The van der Waals surface area contributed by atoms with E-state index in [1.165, 1.54) is 11.3 Å². The number of fused-ring (bicyclic) bond motifs is 1. The molecule has 8 heteroatoms. The summed E-state index contributed by atoms with van der Waals surface area (Å²) in [4.78, 5) is 30.0. The van der Waals surface area contributed by atoms with Gasteiger partial charge in [-0.05, 0) is 53.9 Å². The molecule has 0 aliphatic carbocycles. The highest BCUT2D eigenvalue weighted by molar-refractivity contribution is 7.12. The Morgan fingerprint density at radius 2 is 1.68 bits per heavy atom. The number of amides is 2. The molecule has 2 amide bonds. The number of piperazine rings is 1. The topological polar surface area (TPSA) is 71.1 Å². The van der Waals surface area contributed by atoms with Crippen LogP contribution in [0.25, 0.3) is 0 Å². The number of thiophene rings is 1. The number of hydrogen-bond acceptors (Lipinski definition) is 6. The lowest BCUT2D eigenvalue weighted by Crippen LogP contribution is -2.48. The van der Waals surface area contributed by atoms with Gasteiger partial charge in [0.05, 0.1) is 4.88 Å². The van der Waals surface area contributed by atoms with Gasteiger partial charge < -0.3 is 24.6 Å². The molecule has 0 spiro atoms.